The van der Waals surface area contributed by atoms with E-state index in [2.05, 4.69) is 25.9 Å². The monoisotopic (exact) mass is 240 g/mol. The van der Waals surface area contributed by atoms with Crippen LogP contribution in [0.5, 0.6) is 0 Å². The second-order valence-corrected chi connectivity index (χ2v) is 4.61. The van der Waals surface area contributed by atoms with Crippen molar-refractivity contribution in [2.24, 2.45) is 0 Å². The molecule has 1 atom stereocenters. The van der Waals surface area contributed by atoms with E-state index < -0.39 is 0 Å². The van der Waals surface area contributed by atoms with Crippen LogP contribution in [0, 0.1) is 0 Å². The summed E-state index contributed by atoms with van der Waals surface area (Å²) >= 11 is 0. The zero-order valence-corrected chi connectivity index (χ0v) is 10.2. The first-order valence-corrected chi connectivity index (χ1v) is 6.35. The number of hydrogen-bond acceptors (Lipinski definition) is 4. The number of aromatic nitrogens is 3. The molecule has 1 aliphatic rings. The Hall–Kier alpha value is -1.97. The van der Waals surface area contributed by atoms with Gasteiger partial charge in [0.05, 0.1) is 0 Å². The van der Waals surface area contributed by atoms with E-state index in [9.17, 15) is 0 Å². The molecule has 2 aromatic heterocycles. The van der Waals surface area contributed by atoms with Crippen molar-refractivity contribution in [1.29, 1.82) is 0 Å². The highest BCUT2D eigenvalue weighted by Crippen LogP contribution is 2.27. The molecule has 4 nitrogen and oxygen atoms in total. The zero-order valence-electron chi connectivity index (χ0n) is 10.2. The third-order valence-electron chi connectivity index (χ3n) is 3.42. The van der Waals surface area contributed by atoms with Gasteiger partial charge in [-0.05, 0) is 31.0 Å². The lowest BCUT2D eigenvalue weighted by Gasteiger charge is -2.33. The first-order valence-electron chi connectivity index (χ1n) is 6.35. The zero-order chi connectivity index (χ0) is 12.2. The summed E-state index contributed by atoms with van der Waals surface area (Å²) in [6.07, 6.45) is 7.69. The van der Waals surface area contributed by atoms with Crippen molar-refractivity contribution >= 4 is 5.82 Å². The van der Waals surface area contributed by atoms with E-state index in [-0.39, 0.29) is 0 Å². The predicted octanol–water partition coefficient (Wildman–Crippen LogP) is 2.26. The van der Waals surface area contributed by atoms with Crippen LogP contribution in [-0.2, 0) is 0 Å². The van der Waals surface area contributed by atoms with Crippen molar-refractivity contribution in [2.45, 2.75) is 18.8 Å². The molecule has 0 radical (unpaired) electrons. The molecular formula is C14H16N4. The Morgan fingerprint density at radius 1 is 1.11 bits per heavy atom. The standard InChI is InChI=1S/C14H16N4/c1-2-7-16-14(5-1)18-9-3-4-12(10-18)13-6-8-15-11-17-13/h1-2,5-8,11-12H,3-4,9-10H2. The van der Waals surface area contributed by atoms with Crippen LogP contribution in [0.1, 0.15) is 24.5 Å². The lowest BCUT2D eigenvalue weighted by molar-refractivity contribution is 0.498. The van der Waals surface area contributed by atoms with E-state index in [1.165, 1.54) is 12.8 Å². The summed E-state index contributed by atoms with van der Waals surface area (Å²) in [5.74, 6) is 1.56. The Morgan fingerprint density at radius 2 is 2.11 bits per heavy atom. The Kier molecular flexibility index (Phi) is 3.17. The van der Waals surface area contributed by atoms with Crippen molar-refractivity contribution < 1.29 is 0 Å². The highest BCUT2D eigenvalue weighted by atomic mass is 15.2. The minimum atomic E-state index is 0.490. The summed E-state index contributed by atoms with van der Waals surface area (Å²) in [6.45, 7) is 2.08. The van der Waals surface area contributed by atoms with Crippen molar-refractivity contribution in [1.82, 2.24) is 15.0 Å². The molecule has 4 heteroatoms. The van der Waals surface area contributed by atoms with Crippen LogP contribution in [-0.4, -0.2) is 28.0 Å². The molecule has 18 heavy (non-hydrogen) atoms. The first kappa shape index (κ1) is 11.1. The third-order valence-corrected chi connectivity index (χ3v) is 3.42. The van der Waals surface area contributed by atoms with E-state index in [4.69, 9.17) is 0 Å². The topological polar surface area (TPSA) is 41.9 Å². The molecule has 0 bridgehead atoms. The van der Waals surface area contributed by atoms with E-state index in [0.29, 0.717) is 5.92 Å². The average Bonchev–Trinajstić information content (AvgIpc) is 2.49. The largest absolute Gasteiger partial charge is 0.356 e. The number of anilines is 1. The lowest BCUT2D eigenvalue weighted by Crippen LogP contribution is -2.35. The molecule has 2 aromatic rings. The van der Waals surface area contributed by atoms with Crippen LogP contribution in [0.25, 0.3) is 0 Å². The average molecular weight is 240 g/mol. The number of hydrogen-bond donors (Lipinski definition) is 0. The summed E-state index contributed by atoms with van der Waals surface area (Å²) in [5, 5.41) is 0. The third kappa shape index (κ3) is 2.32. The molecule has 0 aromatic carbocycles. The molecule has 0 N–H and O–H groups in total. The number of rotatable bonds is 2. The van der Waals surface area contributed by atoms with Crippen molar-refractivity contribution in [2.75, 3.05) is 18.0 Å². The van der Waals surface area contributed by atoms with E-state index >= 15 is 0 Å². The molecule has 1 saturated heterocycles. The van der Waals surface area contributed by atoms with Gasteiger partial charge >= 0.3 is 0 Å². The lowest BCUT2D eigenvalue weighted by atomic mass is 9.94. The molecule has 92 valence electrons. The molecule has 1 fully saturated rings. The summed E-state index contributed by atoms with van der Waals surface area (Å²) in [7, 11) is 0. The fraction of sp³-hybridized carbons (Fsp3) is 0.357. The molecule has 1 unspecified atom stereocenters. The Morgan fingerprint density at radius 3 is 2.89 bits per heavy atom. The molecule has 3 rings (SSSR count). The summed E-state index contributed by atoms with van der Waals surface area (Å²) in [6, 6.07) is 8.08. The second-order valence-electron chi connectivity index (χ2n) is 4.61. The minimum absolute atomic E-state index is 0.490. The Balaban J connectivity index is 1.77. The maximum atomic E-state index is 4.42. The minimum Gasteiger partial charge on any atom is -0.356 e. The van der Waals surface area contributed by atoms with Gasteiger partial charge in [0.1, 0.15) is 12.1 Å². The van der Waals surface area contributed by atoms with Gasteiger partial charge < -0.3 is 4.90 Å². The Labute approximate surface area is 107 Å². The molecule has 1 aliphatic heterocycles. The molecule has 3 heterocycles. The van der Waals surface area contributed by atoms with E-state index in [1.807, 2.05) is 30.6 Å². The van der Waals surface area contributed by atoms with Gasteiger partial charge in [0.2, 0.25) is 0 Å². The summed E-state index contributed by atoms with van der Waals surface area (Å²) in [4.78, 5) is 15.1. The molecular weight excluding hydrogens is 224 g/mol. The second kappa shape index (κ2) is 5.12. The van der Waals surface area contributed by atoms with Gasteiger partial charge in [-0.15, -0.1) is 0 Å². The van der Waals surface area contributed by atoms with Gasteiger partial charge in [-0.1, -0.05) is 6.07 Å². The highest BCUT2D eigenvalue weighted by molar-refractivity contribution is 5.39. The van der Waals surface area contributed by atoms with Crippen LogP contribution in [0.15, 0.2) is 43.0 Å². The maximum Gasteiger partial charge on any atom is 0.128 e. The van der Waals surface area contributed by atoms with Gasteiger partial charge in [0.25, 0.3) is 0 Å². The van der Waals surface area contributed by atoms with Crippen LogP contribution in [0.4, 0.5) is 5.82 Å². The summed E-state index contributed by atoms with van der Waals surface area (Å²) in [5.41, 5.74) is 1.14. The van der Waals surface area contributed by atoms with Crippen molar-refractivity contribution in [3.05, 3.63) is 48.7 Å². The van der Waals surface area contributed by atoms with Crippen molar-refractivity contribution in [3.8, 4) is 0 Å². The molecule has 0 aliphatic carbocycles. The molecule has 0 saturated carbocycles. The highest BCUT2D eigenvalue weighted by Gasteiger charge is 2.22. The van der Waals surface area contributed by atoms with Crippen molar-refractivity contribution in [3.63, 3.8) is 0 Å². The van der Waals surface area contributed by atoms with Gasteiger partial charge in [-0.25, -0.2) is 15.0 Å². The predicted molar refractivity (Wildman–Crippen MR) is 70.5 cm³/mol. The van der Waals surface area contributed by atoms with Gasteiger partial charge in [-0.2, -0.15) is 0 Å². The van der Waals surface area contributed by atoms with Gasteiger partial charge in [0.15, 0.2) is 0 Å². The van der Waals surface area contributed by atoms with Crippen LogP contribution >= 0.6 is 0 Å². The number of pyridine rings is 1. The Bertz CT molecular complexity index is 440. The molecule has 0 amide bonds. The smallest absolute Gasteiger partial charge is 0.128 e. The molecule has 0 spiro atoms. The van der Waals surface area contributed by atoms with Crippen LogP contribution < -0.4 is 4.90 Å². The summed E-state index contributed by atoms with van der Waals surface area (Å²) < 4.78 is 0. The normalized spacial score (nSPS) is 19.8. The van der Waals surface area contributed by atoms with Gasteiger partial charge in [-0.3, -0.25) is 0 Å². The number of nitrogens with zero attached hydrogens (tertiary/aromatic N) is 4. The quantitative estimate of drug-likeness (QED) is 0.807. The SMILES string of the molecule is c1ccc(N2CCCC(c3ccncn3)C2)nc1. The van der Waals surface area contributed by atoms with Crippen LogP contribution in [0.2, 0.25) is 0 Å². The fourth-order valence-electron chi connectivity index (χ4n) is 2.51. The van der Waals surface area contributed by atoms with E-state index in [1.54, 1.807) is 6.33 Å². The van der Waals surface area contributed by atoms with E-state index in [0.717, 1.165) is 24.6 Å². The van der Waals surface area contributed by atoms with Gasteiger partial charge in [0, 0.05) is 37.1 Å². The maximum absolute atomic E-state index is 4.42. The van der Waals surface area contributed by atoms with Crippen LogP contribution in [0.3, 0.4) is 0 Å². The fourth-order valence-corrected chi connectivity index (χ4v) is 2.51. The first-order chi connectivity index (χ1) is 8.93. The number of piperidine rings is 1.